The van der Waals surface area contributed by atoms with Crippen molar-refractivity contribution in [3.05, 3.63) is 35.4 Å². The Morgan fingerprint density at radius 1 is 1.35 bits per heavy atom. The average Bonchev–Trinajstić information content (AvgIpc) is 2.81. The number of hydrogen-bond acceptors (Lipinski definition) is 2. The molecule has 0 aromatic heterocycles. The Morgan fingerprint density at radius 2 is 2.05 bits per heavy atom. The Kier molecular flexibility index (Phi) is 4.45. The number of rotatable bonds is 3. The van der Waals surface area contributed by atoms with Crippen molar-refractivity contribution in [2.75, 3.05) is 19.6 Å². The summed E-state index contributed by atoms with van der Waals surface area (Å²) in [6, 6.07) is 3.72. The minimum atomic E-state index is -0.827. The van der Waals surface area contributed by atoms with Gasteiger partial charge in [0.2, 0.25) is 0 Å². The van der Waals surface area contributed by atoms with Gasteiger partial charge in [-0.25, -0.2) is 8.78 Å². The Balaban J connectivity index is 1.99. The maximum absolute atomic E-state index is 13.7. The topological polar surface area (TPSA) is 29.3 Å². The van der Waals surface area contributed by atoms with E-state index in [0.717, 1.165) is 25.6 Å². The van der Waals surface area contributed by atoms with Gasteiger partial charge < -0.3 is 10.6 Å². The van der Waals surface area contributed by atoms with Crippen molar-refractivity contribution >= 4 is 0 Å². The van der Waals surface area contributed by atoms with Crippen molar-refractivity contribution in [1.29, 1.82) is 0 Å². The molecule has 2 nitrogen and oxygen atoms in total. The fourth-order valence-electron chi connectivity index (χ4n) is 2.89. The van der Waals surface area contributed by atoms with E-state index in [9.17, 15) is 8.78 Å². The van der Waals surface area contributed by atoms with E-state index in [1.165, 1.54) is 6.07 Å². The van der Waals surface area contributed by atoms with Gasteiger partial charge in [-0.15, -0.1) is 0 Å². The second kappa shape index (κ2) is 5.78. The second-order valence-electron chi connectivity index (χ2n) is 6.86. The highest BCUT2D eigenvalue weighted by molar-refractivity contribution is 5.22. The molecule has 1 aliphatic heterocycles. The molecule has 1 fully saturated rings. The van der Waals surface area contributed by atoms with Crippen molar-refractivity contribution in [3.63, 3.8) is 0 Å². The maximum Gasteiger partial charge on any atom is 0.163 e. The molecule has 0 saturated carbocycles. The number of hydrogen-bond donors (Lipinski definition) is 1. The van der Waals surface area contributed by atoms with Crippen molar-refractivity contribution in [1.82, 2.24) is 4.90 Å². The molecule has 2 N–H and O–H groups in total. The SMILES string of the molecule is CC(C)(C)C1CCN(CC(N)c2cccc(F)c2F)C1. The zero-order chi connectivity index (χ0) is 14.9. The minimum Gasteiger partial charge on any atom is -0.323 e. The predicted octanol–water partition coefficient (Wildman–Crippen LogP) is 3.33. The lowest BCUT2D eigenvalue weighted by molar-refractivity contribution is 0.224. The number of nitrogens with two attached hydrogens (primary N) is 1. The largest absolute Gasteiger partial charge is 0.323 e. The first-order valence-corrected chi connectivity index (χ1v) is 7.21. The third-order valence-corrected chi connectivity index (χ3v) is 4.33. The van der Waals surface area contributed by atoms with Gasteiger partial charge >= 0.3 is 0 Å². The fourth-order valence-corrected chi connectivity index (χ4v) is 2.89. The van der Waals surface area contributed by atoms with Crippen LogP contribution < -0.4 is 5.73 Å². The highest BCUT2D eigenvalue weighted by Gasteiger charge is 2.32. The molecular weight excluding hydrogens is 258 g/mol. The first-order valence-electron chi connectivity index (χ1n) is 7.21. The maximum atomic E-state index is 13.7. The van der Waals surface area contributed by atoms with Crippen LogP contribution in [0.2, 0.25) is 0 Å². The molecule has 0 bridgehead atoms. The lowest BCUT2D eigenvalue weighted by Gasteiger charge is -2.28. The van der Waals surface area contributed by atoms with Gasteiger partial charge in [0.25, 0.3) is 0 Å². The molecule has 20 heavy (non-hydrogen) atoms. The van der Waals surface area contributed by atoms with E-state index < -0.39 is 17.7 Å². The number of halogens is 2. The summed E-state index contributed by atoms with van der Waals surface area (Å²) in [4.78, 5) is 2.25. The number of nitrogens with zero attached hydrogens (tertiary/aromatic N) is 1. The molecule has 112 valence electrons. The van der Waals surface area contributed by atoms with E-state index >= 15 is 0 Å². The summed E-state index contributed by atoms with van der Waals surface area (Å²) < 4.78 is 26.9. The lowest BCUT2D eigenvalue weighted by atomic mass is 9.80. The molecule has 1 aromatic carbocycles. The van der Waals surface area contributed by atoms with E-state index in [-0.39, 0.29) is 11.0 Å². The van der Waals surface area contributed by atoms with Gasteiger partial charge in [0, 0.05) is 24.7 Å². The molecule has 0 aliphatic carbocycles. The van der Waals surface area contributed by atoms with E-state index in [4.69, 9.17) is 5.73 Å². The number of likely N-dealkylation sites (tertiary alicyclic amines) is 1. The predicted molar refractivity (Wildman–Crippen MR) is 77.3 cm³/mol. The monoisotopic (exact) mass is 282 g/mol. The van der Waals surface area contributed by atoms with Gasteiger partial charge in [0.15, 0.2) is 11.6 Å². The standard InChI is InChI=1S/C16H24F2N2/c1-16(2,3)11-7-8-20(9-11)10-14(19)12-5-4-6-13(17)15(12)18/h4-6,11,14H,7-10,19H2,1-3H3. The average molecular weight is 282 g/mol. The second-order valence-corrected chi connectivity index (χ2v) is 6.86. The van der Waals surface area contributed by atoms with Gasteiger partial charge in [-0.1, -0.05) is 32.9 Å². The van der Waals surface area contributed by atoms with Crippen LogP contribution in [0, 0.1) is 23.0 Å². The van der Waals surface area contributed by atoms with Crippen LogP contribution in [0.15, 0.2) is 18.2 Å². The van der Waals surface area contributed by atoms with Crippen LogP contribution in [0.25, 0.3) is 0 Å². The molecule has 2 atom stereocenters. The van der Waals surface area contributed by atoms with Crippen LogP contribution in [0.1, 0.15) is 38.8 Å². The fraction of sp³-hybridized carbons (Fsp3) is 0.625. The zero-order valence-corrected chi connectivity index (χ0v) is 12.5. The Labute approximate surface area is 120 Å². The molecule has 2 rings (SSSR count). The minimum absolute atomic E-state index is 0.268. The van der Waals surface area contributed by atoms with Crippen molar-refractivity contribution < 1.29 is 8.78 Å². The van der Waals surface area contributed by atoms with Crippen LogP contribution in [0.4, 0.5) is 8.78 Å². The van der Waals surface area contributed by atoms with Crippen LogP contribution in [0.5, 0.6) is 0 Å². The number of benzene rings is 1. The summed E-state index contributed by atoms with van der Waals surface area (Å²) in [6.07, 6.45) is 1.14. The first-order chi connectivity index (χ1) is 9.29. The molecule has 1 aromatic rings. The van der Waals surface area contributed by atoms with Gasteiger partial charge in [0.05, 0.1) is 0 Å². The van der Waals surface area contributed by atoms with Crippen molar-refractivity contribution in [2.45, 2.75) is 33.2 Å². The summed E-state index contributed by atoms with van der Waals surface area (Å²) in [5.41, 5.74) is 6.60. The van der Waals surface area contributed by atoms with Crippen LogP contribution in [0.3, 0.4) is 0 Å². The molecule has 1 heterocycles. The molecule has 1 saturated heterocycles. The smallest absolute Gasteiger partial charge is 0.163 e. The Bertz CT molecular complexity index is 468. The summed E-state index contributed by atoms with van der Waals surface area (Å²) in [6.45, 7) is 9.27. The first kappa shape index (κ1) is 15.4. The van der Waals surface area contributed by atoms with Crippen LogP contribution in [-0.4, -0.2) is 24.5 Å². The molecule has 1 aliphatic rings. The molecular formula is C16H24F2N2. The van der Waals surface area contributed by atoms with Crippen molar-refractivity contribution in [2.24, 2.45) is 17.1 Å². The van der Waals surface area contributed by atoms with Gasteiger partial charge in [0.1, 0.15) is 0 Å². The molecule has 0 radical (unpaired) electrons. The van der Waals surface area contributed by atoms with Gasteiger partial charge in [-0.3, -0.25) is 0 Å². The normalized spacial score (nSPS) is 22.2. The third-order valence-electron chi connectivity index (χ3n) is 4.33. The summed E-state index contributed by atoms with van der Waals surface area (Å²) in [7, 11) is 0. The Hall–Kier alpha value is -1.00. The van der Waals surface area contributed by atoms with E-state index in [2.05, 4.69) is 25.7 Å². The molecule has 0 amide bonds. The molecule has 4 heteroatoms. The van der Waals surface area contributed by atoms with E-state index in [1.807, 2.05) is 0 Å². The molecule has 0 spiro atoms. The van der Waals surface area contributed by atoms with Crippen LogP contribution >= 0.6 is 0 Å². The van der Waals surface area contributed by atoms with Gasteiger partial charge in [-0.2, -0.15) is 0 Å². The summed E-state index contributed by atoms with van der Waals surface area (Å²) in [5, 5.41) is 0. The Morgan fingerprint density at radius 3 is 2.65 bits per heavy atom. The quantitative estimate of drug-likeness (QED) is 0.921. The summed E-state index contributed by atoms with van der Waals surface area (Å²) >= 11 is 0. The highest BCUT2D eigenvalue weighted by atomic mass is 19.2. The van der Waals surface area contributed by atoms with Crippen LogP contribution in [-0.2, 0) is 0 Å². The lowest BCUT2D eigenvalue weighted by Crippen LogP contribution is -2.32. The van der Waals surface area contributed by atoms with Crippen molar-refractivity contribution in [3.8, 4) is 0 Å². The zero-order valence-electron chi connectivity index (χ0n) is 12.5. The highest BCUT2D eigenvalue weighted by Crippen LogP contribution is 2.34. The third kappa shape index (κ3) is 3.36. The molecule has 2 unspecified atom stereocenters. The summed E-state index contributed by atoms with van der Waals surface area (Å²) in [5.74, 6) is -1.01. The van der Waals surface area contributed by atoms with Gasteiger partial charge in [-0.05, 0) is 30.4 Å². The van der Waals surface area contributed by atoms with E-state index in [1.54, 1.807) is 6.07 Å². The van der Waals surface area contributed by atoms with E-state index in [0.29, 0.717) is 12.5 Å².